The zero-order chi connectivity index (χ0) is 13.4. The molecule has 4 nitrogen and oxygen atoms in total. The van der Waals surface area contributed by atoms with Gasteiger partial charge < -0.3 is 9.15 Å². The third-order valence-corrected chi connectivity index (χ3v) is 4.16. The number of furan rings is 1. The quantitative estimate of drug-likeness (QED) is 0.670. The molecule has 0 spiro atoms. The summed E-state index contributed by atoms with van der Waals surface area (Å²) in [6, 6.07) is 7.66. The van der Waals surface area contributed by atoms with E-state index in [1.165, 1.54) is 0 Å². The summed E-state index contributed by atoms with van der Waals surface area (Å²) < 4.78 is 11.5. The summed E-state index contributed by atoms with van der Waals surface area (Å²) in [5.41, 5.74) is 3.57. The number of nitrogens with one attached hydrogen (secondary N) is 1. The Labute approximate surface area is 116 Å². The van der Waals surface area contributed by atoms with Crippen LogP contribution in [0.4, 0.5) is 0 Å². The van der Waals surface area contributed by atoms with Crippen molar-refractivity contribution >= 4 is 22.6 Å². The fraction of sp³-hybridized carbons (Fsp3) is 0.429. The van der Waals surface area contributed by atoms with Crippen molar-refractivity contribution in [2.24, 2.45) is 11.8 Å². The first-order valence-corrected chi connectivity index (χ1v) is 6.84. The van der Waals surface area contributed by atoms with E-state index in [1.54, 1.807) is 0 Å². The predicted octanol–water partition coefficient (Wildman–Crippen LogP) is 3.02. The molecule has 3 N–H and O–H groups in total. The second kappa shape index (κ2) is 5.13. The number of hydrogen-bond acceptors (Lipinski definition) is 4. The number of benzene rings is 1. The number of hydrazine groups is 1. The Hall–Kier alpha value is -1.07. The molecular weight excluding hydrogens is 264 g/mol. The summed E-state index contributed by atoms with van der Waals surface area (Å²) in [7, 11) is 0. The van der Waals surface area contributed by atoms with Crippen molar-refractivity contribution in [3.8, 4) is 0 Å². The maximum atomic E-state index is 6.14. The summed E-state index contributed by atoms with van der Waals surface area (Å²) >= 11 is 6.14. The average Bonchev–Trinajstić information content (AvgIpc) is 2.99. The third kappa shape index (κ3) is 2.25. The molecule has 1 aromatic heterocycles. The summed E-state index contributed by atoms with van der Waals surface area (Å²) in [6.07, 6.45) is 1.14. The smallest absolute Gasteiger partial charge is 0.152 e. The lowest BCUT2D eigenvalue weighted by Gasteiger charge is -2.23. The molecule has 3 unspecified atom stereocenters. The van der Waals surface area contributed by atoms with E-state index in [9.17, 15) is 0 Å². The Bertz CT molecular complexity index is 584. The van der Waals surface area contributed by atoms with Crippen molar-refractivity contribution in [1.29, 1.82) is 0 Å². The van der Waals surface area contributed by atoms with Gasteiger partial charge in [-0.05, 0) is 25.5 Å². The van der Waals surface area contributed by atoms with Crippen LogP contribution in [0.25, 0.3) is 11.0 Å². The van der Waals surface area contributed by atoms with Crippen LogP contribution in [0.5, 0.6) is 0 Å². The standard InChI is InChI=1S/C14H17ClN2O2/c1-8-10(5-6-18-8)13(17-16)12-7-9-3-2-4-11(15)14(9)19-12/h2-4,7-8,10,13,17H,5-6,16H2,1H3. The molecule has 3 atom stereocenters. The number of para-hydroxylation sites is 1. The van der Waals surface area contributed by atoms with Gasteiger partial charge in [0.2, 0.25) is 0 Å². The highest BCUT2D eigenvalue weighted by Crippen LogP contribution is 2.36. The van der Waals surface area contributed by atoms with Crippen LogP contribution in [0, 0.1) is 5.92 Å². The van der Waals surface area contributed by atoms with Crippen LogP contribution < -0.4 is 11.3 Å². The third-order valence-electron chi connectivity index (χ3n) is 3.86. The molecule has 1 aliphatic rings. The van der Waals surface area contributed by atoms with Gasteiger partial charge in [0, 0.05) is 17.9 Å². The monoisotopic (exact) mass is 280 g/mol. The summed E-state index contributed by atoms with van der Waals surface area (Å²) in [4.78, 5) is 0. The lowest BCUT2D eigenvalue weighted by Crippen LogP contribution is -2.35. The second-order valence-corrected chi connectivity index (χ2v) is 5.39. The SMILES string of the molecule is CC1OCCC1C(NN)c1cc2cccc(Cl)c2o1. The normalized spacial score (nSPS) is 25.0. The Morgan fingerprint density at radius 1 is 1.47 bits per heavy atom. The number of ether oxygens (including phenoxy) is 1. The maximum Gasteiger partial charge on any atom is 0.152 e. The van der Waals surface area contributed by atoms with Gasteiger partial charge in [-0.2, -0.15) is 0 Å². The van der Waals surface area contributed by atoms with E-state index in [2.05, 4.69) is 12.3 Å². The van der Waals surface area contributed by atoms with Gasteiger partial charge in [-0.25, -0.2) is 5.43 Å². The molecule has 0 saturated carbocycles. The average molecular weight is 281 g/mol. The largest absolute Gasteiger partial charge is 0.458 e. The van der Waals surface area contributed by atoms with Crippen molar-refractivity contribution in [3.63, 3.8) is 0 Å². The summed E-state index contributed by atoms with van der Waals surface area (Å²) in [5.74, 6) is 6.83. The molecule has 0 aliphatic carbocycles. The first-order chi connectivity index (χ1) is 9.20. The van der Waals surface area contributed by atoms with Crippen LogP contribution in [0.2, 0.25) is 5.02 Å². The molecule has 1 saturated heterocycles. The molecule has 19 heavy (non-hydrogen) atoms. The first kappa shape index (κ1) is 12.9. The van der Waals surface area contributed by atoms with Crippen LogP contribution in [-0.4, -0.2) is 12.7 Å². The van der Waals surface area contributed by atoms with Gasteiger partial charge in [0.25, 0.3) is 0 Å². The van der Waals surface area contributed by atoms with Gasteiger partial charge in [0.05, 0.1) is 17.2 Å². The van der Waals surface area contributed by atoms with Crippen molar-refractivity contribution < 1.29 is 9.15 Å². The first-order valence-electron chi connectivity index (χ1n) is 6.46. The molecule has 0 radical (unpaired) electrons. The highest BCUT2D eigenvalue weighted by Gasteiger charge is 2.34. The van der Waals surface area contributed by atoms with E-state index in [4.69, 9.17) is 26.6 Å². The minimum atomic E-state index is -0.0547. The second-order valence-electron chi connectivity index (χ2n) is 4.98. The van der Waals surface area contributed by atoms with E-state index >= 15 is 0 Å². The van der Waals surface area contributed by atoms with Crippen molar-refractivity contribution in [2.45, 2.75) is 25.5 Å². The molecular formula is C14H17ClN2O2. The highest BCUT2D eigenvalue weighted by atomic mass is 35.5. The van der Waals surface area contributed by atoms with E-state index in [1.807, 2.05) is 24.3 Å². The Kier molecular flexibility index (Phi) is 3.50. The van der Waals surface area contributed by atoms with E-state index in [-0.39, 0.29) is 12.1 Å². The fourth-order valence-corrected chi connectivity index (χ4v) is 3.02. The van der Waals surface area contributed by atoms with Gasteiger partial charge in [-0.3, -0.25) is 5.84 Å². The van der Waals surface area contributed by atoms with E-state index in [0.717, 1.165) is 24.2 Å². The Morgan fingerprint density at radius 2 is 2.32 bits per heavy atom. The van der Waals surface area contributed by atoms with Gasteiger partial charge >= 0.3 is 0 Å². The molecule has 2 aromatic rings. The highest BCUT2D eigenvalue weighted by molar-refractivity contribution is 6.34. The minimum Gasteiger partial charge on any atom is -0.458 e. The van der Waals surface area contributed by atoms with Gasteiger partial charge in [0.15, 0.2) is 5.58 Å². The predicted molar refractivity (Wildman–Crippen MR) is 74.8 cm³/mol. The van der Waals surface area contributed by atoms with Gasteiger partial charge in [0.1, 0.15) is 5.76 Å². The summed E-state index contributed by atoms with van der Waals surface area (Å²) in [6.45, 7) is 2.84. The van der Waals surface area contributed by atoms with Crippen LogP contribution in [-0.2, 0) is 4.74 Å². The molecule has 3 rings (SSSR count). The number of nitrogens with two attached hydrogens (primary N) is 1. The molecule has 0 bridgehead atoms. The fourth-order valence-electron chi connectivity index (χ4n) is 2.80. The van der Waals surface area contributed by atoms with E-state index < -0.39 is 0 Å². The molecule has 1 aromatic carbocycles. The van der Waals surface area contributed by atoms with Crippen LogP contribution in [0.15, 0.2) is 28.7 Å². The zero-order valence-corrected chi connectivity index (χ0v) is 11.5. The topological polar surface area (TPSA) is 60.4 Å². The molecule has 1 aliphatic heterocycles. The number of hydrogen-bond donors (Lipinski definition) is 2. The van der Waals surface area contributed by atoms with Crippen LogP contribution in [0.1, 0.15) is 25.1 Å². The molecule has 0 amide bonds. The maximum absolute atomic E-state index is 6.14. The van der Waals surface area contributed by atoms with Gasteiger partial charge in [-0.15, -0.1) is 0 Å². The lowest BCUT2D eigenvalue weighted by molar-refractivity contribution is 0.0927. The molecule has 1 fully saturated rings. The number of fused-ring (bicyclic) bond motifs is 1. The minimum absolute atomic E-state index is 0.0547. The number of rotatable bonds is 3. The van der Waals surface area contributed by atoms with Crippen molar-refractivity contribution in [3.05, 3.63) is 35.0 Å². The molecule has 2 heterocycles. The Morgan fingerprint density at radius 3 is 2.95 bits per heavy atom. The lowest BCUT2D eigenvalue weighted by atomic mass is 9.92. The van der Waals surface area contributed by atoms with Crippen molar-refractivity contribution in [1.82, 2.24) is 5.43 Å². The van der Waals surface area contributed by atoms with E-state index in [0.29, 0.717) is 16.5 Å². The molecule has 5 heteroatoms. The van der Waals surface area contributed by atoms with Gasteiger partial charge in [-0.1, -0.05) is 23.7 Å². The Balaban J connectivity index is 1.99. The van der Waals surface area contributed by atoms with Crippen LogP contribution in [0.3, 0.4) is 0 Å². The van der Waals surface area contributed by atoms with Crippen LogP contribution >= 0.6 is 11.6 Å². The zero-order valence-electron chi connectivity index (χ0n) is 10.7. The van der Waals surface area contributed by atoms with Crippen molar-refractivity contribution in [2.75, 3.05) is 6.61 Å². The molecule has 102 valence electrons. The summed E-state index contributed by atoms with van der Waals surface area (Å²) in [5, 5.41) is 1.62. The number of halogens is 1.